The second-order valence-electron chi connectivity index (χ2n) is 5.62. The highest BCUT2D eigenvalue weighted by Crippen LogP contribution is 2.47. The third-order valence-electron chi connectivity index (χ3n) is 4.08. The molecule has 2 atom stereocenters. The van der Waals surface area contributed by atoms with Gasteiger partial charge in [-0.05, 0) is 49.7 Å². The molecule has 1 heterocycles. The second-order valence-corrected chi connectivity index (χ2v) is 5.94. The van der Waals surface area contributed by atoms with Crippen LogP contribution in [-0.4, -0.2) is 29.8 Å². The molecule has 0 N–H and O–H groups in total. The molecule has 2 aliphatic rings. The number of hydrogen-bond donors (Lipinski definition) is 1. The molecular formula is C12H23NS. The van der Waals surface area contributed by atoms with Gasteiger partial charge in [-0.25, -0.2) is 0 Å². The smallest absolute Gasteiger partial charge is 0.00673 e. The van der Waals surface area contributed by atoms with Gasteiger partial charge in [0, 0.05) is 19.1 Å². The first-order chi connectivity index (χ1) is 6.65. The molecule has 0 radical (unpaired) electrons. The minimum absolute atomic E-state index is 0.606. The average Bonchev–Trinajstić information content (AvgIpc) is 2.92. The number of likely N-dealkylation sites (tertiary alicyclic amines) is 1. The molecule has 1 aliphatic heterocycles. The summed E-state index contributed by atoms with van der Waals surface area (Å²) in [6.45, 7) is 7.40. The van der Waals surface area contributed by atoms with Crippen LogP contribution in [-0.2, 0) is 0 Å². The van der Waals surface area contributed by atoms with E-state index in [0.29, 0.717) is 5.41 Å². The van der Waals surface area contributed by atoms with Crippen molar-refractivity contribution >= 4 is 12.6 Å². The Morgan fingerprint density at radius 1 is 1.29 bits per heavy atom. The maximum absolute atomic E-state index is 4.49. The van der Waals surface area contributed by atoms with Crippen LogP contribution in [0.2, 0.25) is 0 Å². The summed E-state index contributed by atoms with van der Waals surface area (Å²) in [4.78, 5) is 2.71. The third-order valence-corrected chi connectivity index (χ3v) is 4.75. The van der Waals surface area contributed by atoms with E-state index in [2.05, 4.69) is 31.4 Å². The van der Waals surface area contributed by atoms with Crippen molar-refractivity contribution in [1.82, 2.24) is 4.90 Å². The number of piperidine rings is 1. The van der Waals surface area contributed by atoms with Crippen molar-refractivity contribution in [3.8, 4) is 0 Å². The van der Waals surface area contributed by atoms with Gasteiger partial charge in [0.1, 0.15) is 0 Å². The van der Waals surface area contributed by atoms with Crippen LogP contribution >= 0.6 is 12.6 Å². The van der Waals surface area contributed by atoms with Crippen molar-refractivity contribution in [1.29, 1.82) is 0 Å². The Morgan fingerprint density at radius 3 is 2.57 bits per heavy atom. The van der Waals surface area contributed by atoms with Crippen LogP contribution in [0.15, 0.2) is 0 Å². The summed E-state index contributed by atoms with van der Waals surface area (Å²) in [5, 5.41) is 0. The highest BCUT2D eigenvalue weighted by Gasteiger charge is 2.43. The maximum atomic E-state index is 4.49. The number of hydrogen-bond acceptors (Lipinski definition) is 2. The maximum Gasteiger partial charge on any atom is 0.00673 e. The van der Waals surface area contributed by atoms with Gasteiger partial charge in [0.05, 0.1) is 0 Å². The molecular weight excluding hydrogens is 190 g/mol. The van der Waals surface area contributed by atoms with Gasteiger partial charge in [-0.2, -0.15) is 12.6 Å². The Hall–Kier alpha value is 0.310. The monoisotopic (exact) mass is 213 g/mol. The molecule has 0 aromatic carbocycles. The van der Waals surface area contributed by atoms with E-state index in [1.165, 1.54) is 38.8 Å². The van der Waals surface area contributed by atoms with Gasteiger partial charge in [-0.1, -0.05) is 6.92 Å². The van der Waals surface area contributed by atoms with E-state index in [4.69, 9.17) is 0 Å². The summed E-state index contributed by atoms with van der Waals surface area (Å²) in [6, 6.07) is 0.809. The van der Waals surface area contributed by atoms with Crippen molar-refractivity contribution in [2.45, 2.75) is 45.6 Å². The normalized spacial score (nSPS) is 37.1. The predicted octanol–water partition coefficient (Wildman–Crippen LogP) is 2.82. The summed E-state index contributed by atoms with van der Waals surface area (Å²) in [5.74, 6) is 1.99. The van der Waals surface area contributed by atoms with E-state index < -0.39 is 0 Å². The van der Waals surface area contributed by atoms with Crippen LogP contribution in [0.3, 0.4) is 0 Å². The third kappa shape index (κ3) is 2.27. The summed E-state index contributed by atoms with van der Waals surface area (Å²) in [6.07, 6.45) is 5.64. The fourth-order valence-electron chi connectivity index (χ4n) is 2.57. The van der Waals surface area contributed by atoms with Crippen LogP contribution in [0.25, 0.3) is 0 Å². The lowest BCUT2D eigenvalue weighted by Crippen LogP contribution is -2.44. The molecule has 2 rings (SSSR count). The molecule has 2 heteroatoms. The van der Waals surface area contributed by atoms with Gasteiger partial charge in [-0.3, -0.25) is 4.90 Å². The zero-order valence-electron chi connectivity index (χ0n) is 9.50. The first-order valence-corrected chi connectivity index (χ1v) is 6.63. The Balaban J connectivity index is 1.89. The van der Waals surface area contributed by atoms with Crippen molar-refractivity contribution in [3.63, 3.8) is 0 Å². The predicted molar refractivity (Wildman–Crippen MR) is 65.0 cm³/mol. The van der Waals surface area contributed by atoms with Gasteiger partial charge in [0.2, 0.25) is 0 Å². The molecule has 0 spiro atoms. The van der Waals surface area contributed by atoms with Crippen LogP contribution in [0.5, 0.6) is 0 Å². The van der Waals surface area contributed by atoms with E-state index in [0.717, 1.165) is 17.7 Å². The van der Waals surface area contributed by atoms with Crippen molar-refractivity contribution < 1.29 is 0 Å². The largest absolute Gasteiger partial charge is 0.300 e. The van der Waals surface area contributed by atoms with Crippen LogP contribution in [0.1, 0.15) is 39.5 Å². The number of thiol groups is 1. The molecule has 1 saturated heterocycles. The first kappa shape index (κ1) is 10.8. The van der Waals surface area contributed by atoms with E-state index in [1.54, 1.807) is 0 Å². The van der Waals surface area contributed by atoms with Crippen molar-refractivity contribution in [3.05, 3.63) is 0 Å². The topological polar surface area (TPSA) is 3.24 Å². The highest BCUT2D eigenvalue weighted by molar-refractivity contribution is 7.80. The molecule has 0 bridgehead atoms. The molecule has 0 aromatic rings. The van der Waals surface area contributed by atoms with E-state index in [1.807, 2.05) is 0 Å². The summed E-state index contributed by atoms with van der Waals surface area (Å²) >= 11 is 4.49. The second kappa shape index (κ2) is 4.05. The fraction of sp³-hybridized carbons (Fsp3) is 1.00. The Kier molecular flexibility index (Phi) is 3.13. The molecule has 14 heavy (non-hydrogen) atoms. The first-order valence-electron chi connectivity index (χ1n) is 6.00. The van der Waals surface area contributed by atoms with Crippen molar-refractivity contribution in [2.24, 2.45) is 11.3 Å². The molecule has 1 saturated carbocycles. The standard InChI is InChI=1S/C12H23NS/c1-10-3-4-11(2)13(7-10)8-12(9-14)5-6-12/h10-11,14H,3-9H2,1-2H3. The fourth-order valence-corrected chi connectivity index (χ4v) is 2.99. The van der Waals surface area contributed by atoms with Crippen molar-refractivity contribution in [2.75, 3.05) is 18.8 Å². The van der Waals surface area contributed by atoms with E-state index >= 15 is 0 Å². The Labute approximate surface area is 93.7 Å². The van der Waals surface area contributed by atoms with Crippen LogP contribution in [0, 0.1) is 11.3 Å². The summed E-state index contributed by atoms with van der Waals surface area (Å²) in [5.41, 5.74) is 0.606. The van der Waals surface area contributed by atoms with Gasteiger partial charge in [-0.15, -0.1) is 0 Å². The molecule has 2 fully saturated rings. The lowest BCUT2D eigenvalue weighted by Gasteiger charge is -2.38. The van der Waals surface area contributed by atoms with Gasteiger partial charge in [0.25, 0.3) is 0 Å². The van der Waals surface area contributed by atoms with Gasteiger partial charge in [0.15, 0.2) is 0 Å². The highest BCUT2D eigenvalue weighted by atomic mass is 32.1. The molecule has 0 aromatic heterocycles. The van der Waals surface area contributed by atoms with Crippen LogP contribution in [0.4, 0.5) is 0 Å². The van der Waals surface area contributed by atoms with E-state index in [9.17, 15) is 0 Å². The molecule has 2 unspecified atom stereocenters. The minimum atomic E-state index is 0.606. The lowest BCUT2D eigenvalue weighted by molar-refractivity contribution is 0.104. The van der Waals surface area contributed by atoms with Gasteiger partial charge >= 0.3 is 0 Å². The molecule has 0 amide bonds. The zero-order valence-corrected chi connectivity index (χ0v) is 10.4. The van der Waals surface area contributed by atoms with E-state index in [-0.39, 0.29) is 0 Å². The van der Waals surface area contributed by atoms with Crippen LogP contribution < -0.4 is 0 Å². The SMILES string of the molecule is CC1CCC(C)N(CC2(CS)CC2)C1. The molecule has 82 valence electrons. The zero-order chi connectivity index (χ0) is 10.2. The Bertz CT molecular complexity index is 200. The van der Waals surface area contributed by atoms with Gasteiger partial charge < -0.3 is 0 Å². The molecule has 1 nitrogen and oxygen atoms in total. The average molecular weight is 213 g/mol. The molecule has 1 aliphatic carbocycles. The summed E-state index contributed by atoms with van der Waals surface area (Å²) in [7, 11) is 0. The minimum Gasteiger partial charge on any atom is -0.300 e. The number of nitrogens with zero attached hydrogens (tertiary/aromatic N) is 1. The lowest BCUT2D eigenvalue weighted by atomic mass is 9.93. The summed E-state index contributed by atoms with van der Waals surface area (Å²) < 4.78 is 0. The Morgan fingerprint density at radius 2 is 2.00 bits per heavy atom. The number of rotatable bonds is 3. The quantitative estimate of drug-likeness (QED) is 0.706.